The van der Waals surface area contributed by atoms with E-state index in [0.29, 0.717) is 0 Å². The molecule has 0 saturated heterocycles. The van der Waals surface area contributed by atoms with Crippen LogP contribution in [0, 0.1) is 10.1 Å². The number of ether oxygens (including phenoxy) is 1. The van der Waals surface area contributed by atoms with E-state index in [1.165, 1.54) is 42.7 Å². The molecule has 0 spiro atoms. The summed E-state index contributed by atoms with van der Waals surface area (Å²) in [4.78, 5) is 37.4. The third-order valence-electron chi connectivity index (χ3n) is 2.68. The number of aromatic nitrogens is 1. The molecule has 0 aliphatic carbocycles. The van der Waals surface area contributed by atoms with Crippen LogP contribution in [0.4, 0.5) is 11.4 Å². The van der Waals surface area contributed by atoms with Gasteiger partial charge in [0.25, 0.3) is 11.6 Å². The Hall–Kier alpha value is -3.00. The largest absolute Gasteiger partial charge is 0.452 e. The Bertz CT molecular complexity index is 751. The summed E-state index contributed by atoms with van der Waals surface area (Å²) >= 11 is 5.75. The lowest BCUT2D eigenvalue weighted by atomic mass is 10.2. The average Bonchev–Trinajstić information content (AvgIpc) is 2.53. The maximum Gasteiger partial charge on any atom is 0.338 e. The van der Waals surface area contributed by atoms with Gasteiger partial charge >= 0.3 is 5.97 Å². The molecule has 8 nitrogen and oxygen atoms in total. The predicted octanol–water partition coefficient (Wildman–Crippen LogP) is 2.44. The van der Waals surface area contributed by atoms with Gasteiger partial charge in [0.05, 0.1) is 10.5 Å². The van der Waals surface area contributed by atoms with Gasteiger partial charge in [-0.15, -0.1) is 0 Å². The highest BCUT2D eigenvalue weighted by molar-refractivity contribution is 6.31. The number of halogens is 1. The van der Waals surface area contributed by atoms with Crippen LogP contribution in [-0.2, 0) is 9.53 Å². The molecular weight excluding hydrogens is 326 g/mol. The summed E-state index contributed by atoms with van der Waals surface area (Å²) in [5.74, 6) is -1.43. The number of nitro groups is 1. The summed E-state index contributed by atoms with van der Waals surface area (Å²) in [6.07, 6.45) is 2.82. The van der Waals surface area contributed by atoms with Crippen molar-refractivity contribution in [3.8, 4) is 0 Å². The van der Waals surface area contributed by atoms with Crippen LogP contribution in [-0.4, -0.2) is 28.4 Å². The van der Waals surface area contributed by atoms with Crippen LogP contribution < -0.4 is 5.32 Å². The van der Waals surface area contributed by atoms with E-state index in [1.54, 1.807) is 0 Å². The number of pyridine rings is 1. The summed E-state index contributed by atoms with van der Waals surface area (Å²) in [5, 5.41) is 13.4. The molecule has 9 heteroatoms. The van der Waals surface area contributed by atoms with Crippen LogP contribution in [0.2, 0.25) is 5.02 Å². The van der Waals surface area contributed by atoms with Gasteiger partial charge in [-0.05, 0) is 24.3 Å². The standard InChI is InChI=1S/C14H10ClN3O5/c15-10-1-2-12(18(21)22)11(7-10)17-13(19)8-23-14(20)9-3-5-16-6-4-9/h1-7H,8H2,(H,17,19). The zero-order chi connectivity index (χ0) is 16.8. The van der Waals surface area contributed by atoms with E-state index in [2.05, 4.69) is 10.3 Å². The molecule has 1 N–H and O–H groups in total. The number of benzene rings is 1. The van der Waals surface area contributed by atoms with Crippen molar-refractivity contribution in [3.05, 3.63) is 63.4 Å². The summed E-state index contributed by atoms with van der Waals surface area (Å²) in [6.45, 7) is -0.592. The van der Waals surface area contributed by atoms with E-state index < -0.39 is 23.4 Å². The smallest absolute Gasteiger partial charge is 0.338 e. The number of hydrogen-bond donors (Lipinski definition) is 1. The molecule has 118 valence electrons. The highest BCUT2D eigenvalue weighted by Gasteiger charge is 2.17. The number of nitrogens with zero attached hydrogens (tertiary/aromatic N) is 2. The van der Waals surface area contributed by atoms with Crippen molar-refractivity contribution in [3.63, 3.8) is 0 Å². The first-order valence-electron chi connectivity index (χ1n) is 6.28. The molecule has 0 atom stereocenters. The molecule has 0 saturated carbocycles. The van der Waals surface area contributed by atoms with Gasteiger partial charge in [-0.25, -0.2) is 4.79 Å². The van der Waals surface area contributed by atoms with Gasteiger partial charge in [-0.3, -0.25) is 19.9 Å². The van der Waals surface area contributed by atoms with Crippen LogP contribution in [0.5, 0.6) is 0 Å². The molecule has 2 rings (SSSR count). The van der Waals surface area contributed by atoms with Crippen LogP contribution in [0.15, 0.2) is 42.7 Å². The van der Waals surface area contributed by atoms with Crippen molar-refractivity contribution in [1.29, 1.82) is 0 Å². The molecule has 1 heterocycles. The van der Waals surface area contributed by atoms with E-state index in [4.69, 9.17) is 16.3 Å². The van der Waals surface area contributed by atoms with Gasteiger partial charge in [-0.2, -0.15) is 0 Å². The van der Waals surface area contributed by atoms with Crippen molar-refractivity contribution >= 4 is 34.9 Å². The number of amides is 1. The lowest BCUT2D eigenvalue weighted by molar-refractivity contribution is -0.383. The first-order valence-corrected chi connectivity index (χ1v) is 6.66. The minimum Gasteiger partial charge on any atom is -0.452 e. The summed E-state index contributed by atoms with van der Waals surface area (Å²) in [7, 11) is 0. The highest BCUT2D eigenvalue weighted by atomic mass is 35.5. The fraction of sp³-hybridized carbons (Fsp3) is 0.0714. The molecule has 0 fully saturated rings. The minimum absolute atomic E-state index is 0.0764. The predicted molar refractivity (Wildman–Crippen MR) is 81.3 cm³/mol. The number of nitro benzene ring substituents is 1. The van der Waals surface area contributed by atoms with Crippen LogP contribution in [0.3, 0.4) is 0 Å². The molecular formula is C14H10ClN3O5. The van der Waals surface area contributed by atoms with Crippen molar-refractivity contribution in [2.24, 2.45) is 0 Å². The zero-order valence-electron chi connectivity index (χ0n) is 11.6. The van der Waals surface area contributed by atoms with E-state index >= 15 is 0 Å². The SMILES string of the molecule is O=C(COC(=O)c1ccncc1)Nc1cc(Cl)ccc1[N+](=O)[O-]. The van der Waals surface area contributed by atoms with Crippen LogP contribution in [0.25, 0.3) is 0 Å². The highest BCUT2D eigenvalue weighted by Crippen LogP contribution is 2.27. The lowest BCUT2D eigenvalue weighted by Crippen LogP contribution is -2.21. The van der Waals surface area contributed by atoms with E-state index in [-0.39, 0.29) is 22.0 Å². The van der Waals surface area contributed by atoms with Gasteiger partial charge in [0.1, 0.15) is 5.69 Å². The Balaban J connectivity index is 1.99. The van der Waals surface area contributed by atoms with Crippen molar-refractivity contribution in [1.82, 2.24) is 4.98 Å². The number of carbonyl (C=O) groups is 2. The summed E-state index contributed by atoms with van der Waals surface area (Å²) in [5.41, 5.74) is -0.155. The number of nitrogens with one attached hydrogen (secondary N) is 1. The third kappa shape index (κ3) is 4.48. The molecule has 1 amide bonds. The molecule has 2 aromatic rings. The topological polar surface area (TPSA) is 111 Å². The first-order chi connectivity index (χ1) is 11.0. The molecule has 1 aromatic heterocycles. The van der Waals surface area contributed by atoms with Crippen LogP contribution in [0.1, 0.15) is 10.4 Å². The van der Waals surface area contributed by atoms with Gasteiger partial charge < -0.3 is 10.1 Å². The van der Waals surface area contributed by atoms with Gasteiger partial charge in [0.2, 0.25) is 0 Å². The number of carbonyl (C=O) groups excluding carboxylic acids is 2. The molecule has 0 aliphatic heterocycles. The quantitative estimate of drug-likeness (QED) is 0.510. The van der Waals surface area contributed by atoms with Gasteiger partial charge in [0.15, 0.2) is 6.61 Å². The fourth-order valence-electron chi connectivity index (χ4n) is 1.66. The maximum absolute atomic E-state index is 11.8. The maximum atomic E-state index is 11.8. The number of hydrogen-bond acceptors (Lipinski definition) is 6. The third-order valence-corrected chi connectivity index (χ3v) is 2.91. The Kier molecular flexibility index (Phi) is 5.21. The van der Waals surface area contributed by atoms with Gasteiger partial charge in [-0.1, -0.05) is 11.6 Å². The Morgan fingerprint density at radius 1 is 1.26 bits per heavy atom. The Morgan fingerprint density at radius 3 is 2.61 bits per heavy atom. The molecule has 0 bridgehead atoms. The second-order valence-corrected chi connectivity index (χ2v) is 4.72. The Labute approximate surface area is 135 Å². The molecule has 0 unspecified atom stereocenters. The second kappa shape index (κ2) is 7.32. The van der Waals surface area contributed by atoms with Crippen molar-refractivity contribution < 1.29 is 19.2 Å². The van der Waals surface area contributed by atoms with Gasteiger partial charge in [0, 0.05) is 23.5 Å². The molecule has 0 radical (unpaired) electrons. The monoisotopic (exact) mass is 335 g/mol. The zero-order valence-corrected chi connectivity index (χ0v) is 12.3. The molecule has 0 aliphatic rings. The number of anilines is 1. The normalized spacial score (nSPS) is 9.96. The molecule has 23 heavy (non-hydrogen) atoms. The van der Waals surface area contributed by atoms with Crippen LogP contribution >= 0.6 is 11.6 Å². The van der Waals surface area contributed by atoms with E-state index in [9.17, 15) is 19.7 Å². The van der Waals surface area contributed by atoms with E-state index in [1.807, 2.05) is 0 Å². The average molecular weight is 336 g/mol. The van der Waals surface area contributed by atoms with Crippen molar-refractivity contribution in [2.45, 2.75) is 0 Å². The van der Waals surface area contributed by atoms with E-state index in [0.717, 1.165) is 0 Å². The number of rotatable bonds is 5. The van der Waals surface area contributed by atoms with Crippen molar-refractivity contribution in [2.75, 3.05) is 11.9 Å². The first kappa shape index (κ1) is 16.4. The fourth-order valence-corrected chi connectivity index (χ4v) is 1.83. The minimum atomic E-state index is -0.724. The molecule has 1 aromatic carbocycles. The second-order valence-electron chi connectivity index (χ2n) is 4.28. The number of esters is 1. The Morgan fingerprint density at radius 2 is 1.96 bits per heavy atom. The summed E-state index contributed by atoms with van der Waals surface area (Å²) < 4.78 is 4.81. The summed E-state index contributed by atoms with van der Waals surface area (Å²) in [6, 6.07) is 6.60. The lowest BCUT2D eigenvalue weighted by Gasteiger charge is -2.07.